The molecule has 0 aromatic carbocycles. The van der Waals surface area contributed by atoms with Crippen molar-refractivity contribution < 1.29 is 9.47 Å². The van der Waals surface area contributed by atoms with Crippen LogP contribution in [0.3, 0.4) is 0 Å². The van der Waals surface area contributed by atoms with Gasteiger partial charge in [-0.1, -0.05) is 59.3 Å². The molecule has 17 heavy (non-hydrogen) atoms. The molecule has 0 amide bonds. The summed E-state index contributed by atoms with van der Waals surface area (Å²) in [4.78, 5) is 0. The molecule has 1 unspecified atom stereocenters. The van der Waals surface area contributed by atoms with E-state index in [1.807, 2.05) is 0 Å². The molecule has 1 aliphatic rings. The zero-order chi connectivity index (χ0) is 12.6. The van der Waals surface area contributed by atoms with Crippen LogP contribution in [-0.4, -0.2) is 19.5 Å². The summed E-state index contributed by atoms with van der Waals surface area (Å²) in [6.45, 7) is 8.43. The molecular formula is C15H30O2. The second-order valence-electron chi connectivity index (χ2n) is 5.64. The van der Waals surface area contributed by atoms with Crippen LogP contribution in [0.15, 0.2) is 0 Å². The van der Waals surface area contributed by atoms with E-state index in [2.05, 4.69) is 20.8 Å². The molecule has 2 nitrogen and oxygen atoms in total. The molecule has 102 valence electrons. The fourth-order valence-corrected chi connectivity index (χ4v) is 2.66. The van der Waals surface area contributed by atoms with Crippen LogP contribution in [0.1, 0.15) is 72.1 Å². The minimum Gasteiger partial charge on any atom is -0.350 e. The standard InChI is InChI=1S/C15H30O2/c1-4-6-8-9-11-15(3,10-7-5-2)14-16-12-13-17-14/h14H,4-13H2,1-3H3. The van der Waals surface area contributed by atoms with E-state index >= 15 is 0 Å². The first kappa shape index (κ1) is 15.0. The maximum Gasteiger partial charge on any atom is 0.163 e. The van der Waals surface area contributed by atoms with E-state index in [4.69, 9.17) is 9.47 Å². The molecule has 0 aliphatic carbocycles. The summed E-state index contributed by atoms with van der Waals surface area (Å²) in [6, 6.07) is 0. The minimum absolute atomic E-state index is 0.0516. The summed E-state index contributed by atoms with van der Waals surface area (Å²) < 4.78 is 11.5. The van der Waals surface area contributed by atoms with Gasteiger partial charge in [-0.3, -0.25) is 0 Å². The monoisotopic (exact) mass is 242 g/mol. The first-order chi connectivity index (χ1) is 8.23. The zero-order valence-electron chi connectivity index (χ0n) is 12.0. The van der Waals surface area contributed by atoms with Crippen LogP contribution in [0.2, 0.25) is 0 Å². The van der Waals surface area contributed by atoms with Gasteiger partial charge in [0.05, 0.1) is 13.2 Å². The van der Waals surface area contributed by atoms with Crippen LogP contribution in [0.5, 0.6) is 0 Å². The van der Waals surface area contributed by atoms with Gasteiger partial charge in [0.15, 0.2) is 6.29 Å². The molecule has 0 saturated carbocycles. The Balaban J connectivity index is 2.39. The highest BCUT2D eigenvalue weighted by atomic mass is 16.7. The maximum absolute atomic E-state index is 5.75. The Labute approximate surface area is 107 Å². The highest BCUT2D eigenvalue weighted by molar-refractivity contribution is 4.80. The van der Waals surface area contributed by atoms with Gasteiger partial charge in [0.2, 0.25) is 0 Å². The van der Waals surface area contributed by atoms with Crippen molar-refractivity contribution in [1.82, 2.24) is 0 Å². The molecular weight excluding hydrogens is 212 g/mol. The van der Waals surface area contributed by atoms with Gasteiger partial charge < -0.3 is 9.47 Å². The van der Waals surface area contributed by atoms with Gasteiger partial charge in [-0.05, 0) is 12.8 Å². The topological polar surface area (TPSA) is 18.5 Å². The van der Waals surface area contributed by atoms with Crippen LogP contribution < -0.4 is 0 Å². The van der Waals surface area contributed by atoms with Crippen molar-refractivity contribution >= 4 is 0 Å². The highest BCUT2D eigenvalue weighted by Gasteiger charge is 2.37. The number of ether oxygens (including phenoxy) is 2. The Morgan fingerprint density at radius 1 is 0.882 bits per heavy atom. The van der Waals surface area contributed by atoms with Gasteiger partial charge >= 0.3 is 0 Å². The summed E-state index contributed by atoms with van der Waals surface area (Å²) in [5.74, 6) is 0. The van der Waals surface area contributed by atoms with Crippen molar-refractivity contribution in [3.05, 3.63) is 0 Å². The second-order valence-corrected chi connectivity index (χ2v) is 5.64. The smallest absolute Gasteiger partial charge is 0.163 e. The minimum atomic E-state index is 0.0516. The lowest BCUT2D eigenvalue weighted by Gasteiger charge is -2.34. The molecule has 0 spiro atoms. The van der Waals surface area contributed by atoms with Crippen LogP contribution in [0, 0.1) is 5.41 Å². The molecule has 0 N–H and O–H groups in total. The predicted molar refractivity (Wildman–Crippen MR) is 72.1 cm³/mol. The molecule has 0 bridgehead atoms. The van der Waals surface area contributed by atoms with Crippen LogP contribution in [0.25, 0.3) is 0 Å². The molecule has 1 atom stereocenters. The summed E-state index contributed by atoms with van der Waals surface area (Å²) in [5.41, 5.74) is 0.236. The average molecular weight is 242 g/mol. The Hall–Kier alpha value is -0.0800. The van der Waals surface area contributed by atoms with E-state index in [0.29, 0.717) is 0 Å². The van der Waals surface area contributed by atoms with Crippen LogP contribution >= 0.6 is 0 Å². The van der Waals surface area contributed by atoms with Crippen molar-refractivity contribution in [2.24, 2.45) is 5.41 Å². The molecule has 0 aromatic rings. The van der Waals surface area contributed by atoms with Crippen molar-refractivity contribution in [2.75, 3.05) is 13.2 Å². The SMILES string of the molecule is CCCCCCC(C)(CCCC)C1OCCO1. The molecule has 1 heterocycles. The van der Waals surface area contributed by atoms with Gasteiger partial charge in [-0.2, -0.15) is 0 Å². The largest absolute Gasteiger partial charge is 0.350 e. The summed E-state index contributed by atoms with van der Waals surface area (Å²) in [7, 11) is 0. The van der Waals surface area contributed by atoms with E-state index in [1.165, 1.54) is 51.4 Å². The van der Waals surface area contributed by atoms with E-state index in [-0.39, 0.29) is 11.7 Å². The Morgan fingerprint density at radius 2 is 1.47 bits per heavy atom. The lowest BCUT2D eigenvalue weighted by molar-refractivity contribution is -0.133. The van der Waals surface area contributed by atoms with Crippen LogP contribution in [0.4, 0.5) is 0 Å². The quantitative estimate of drug-likeness (QED) is 0.553. The van der Waals surface area contributed by atoms with Crippen LogP contribution in [-0.2, 0) is 9.47 Å². The third-order valence-corrected chi connectivity index (χ3v) is 3.89. The highest BCUT2D eigenvalue weighted by Crippen LogP contribution is 2.38. The molecule has 1 rings (SSSR count). The van der Waals surface area contributed by atoms with Crippen molar-refractivity contribution in [3.63, 3.8) is 0 Å². The molecule has 1 saturated heterocycles. The lowest BCUT2D eigenvalue weighted by Crippen LogP contribution is -2.33. The Bertz CT molecular complexity index is 187. The van der Waals surface area contributed by atoms with Crippen molar-refractivity contribution in [3.8, 4) is 0 Å². The van der Waals surface area contributed by atoms with Gasteiger partial charge in [-0.15, -0.1) is 0 Å². The number of rotatable bonds is 9. The van der Waals surface area contributed by atoms with E-state index < -0.39 is 0 Å². The zero-order valence-corrected chi connectivity index (χ0v) is 12.0. The fourth-order valence-electron chi connectivity index (χ4n) is 2.66. The Morgan fingerprint density at radius 3 is 2.06 bits per heavy atom. The lowest BCUT2D eigenvalue weighted by atomic mass is 9.79. The van der Waals surface area contributed by atoms with Gasteiger partial charge in [0.1, 0.15) is 0 Å². The van der Waals surface area contributed by atoms with Gasteiger partial charge in [0, 0.05) is 5.41 Å². The normalized spacial score (nSPS) is 20.6. The first-order valence-electron chi connectivity index (χ1n) is 7.46. The predicted octanol–water partition coefficient (Wildman–Crippen LogP) is 4.53. The summed E-state index contributed by atoms with van der Waals surface area (Å²) in [5, 5.41) is 0. The van der Waals surface area contributed by atoms with Gasteiger partial charge in [-0.25, -0.2) is 0 Å². The van der Waals surface area contributed by atoms with Crippen molar-refractivity contribution in [2.45, 2.75) is 78.4 Å². The second kappa shape index (κ2) is 8.10. The number of hydrogen-bond acceptors (Lipinski definition) is 2. The molecule has 0 aromatic heterocycles. The number of unbranched alkanes of at least 4 members (excludes halogenated alkanes) is 4. The van der Waals surface area contributed by atoms with E-state index in [0.717, 1.165) is 13.2 Å². The Kier molecular flexibility index (Phi) is 7.14. The molecule has 1 fully saturated rings. The average Bonchev–Trinajstić information content (AvgIpc) is 2.86. The maximum atomic E-state index is 5.75. The van der Waals surface area contributed by atoms with E-state index in [9.17, 15) is 0 Å². The first-order valence-corrected chi connectivity index (χ1v) is 7.46. The molecule has 1 aliphatic heterocycles. The fraction of sp³-hybridized carbons (Fsp3) is 1.00. The third-order valence-electron chi connectivity index (χ3n) is 3.89. The third kappa shape index (κ3) is 4.97. The molecule has 0 radical (unpaired) electrons. The van der Waals surface area contributed by atoms with Crippen molar-refractivity contribution in [1.29, 1.82) is 0 Å². The molecule has 2 heteroatoms. The summed E-state index contributed by atoms with van der Waals surface area (Å²) in [6.07, 6.45) is 10.4. The summed E-state index contributed by atoms with van der Waals surface area (Å²) >= 11 is 0. The number of hydrogen-bond donors (Lipinski definition) is 0. The van der Waals surface area contributed by atoms with E-state index in [1.54, 1.807) is 0 Å². The van der Waals surface area contributed by atoms with Gasteiger partial charge in [0.25, 0.3) is 0 Å².